The van der Waals surface area contributed by atoms with Crippen LogP contribution in [0.25, 0.3) is 0 Å². The lowest BCUT2D eigenvalue weighted by atomic mass is 10.0. The number of hydrogen-bond donors (Lipinski definition) is 2. The van der Waals surface area contributed by atoms with Crippen molar-refractivity contribution in [3.63, 3.8) is 0 Å². The summed E-state index contributed by atoms with van der Waals surface area (Å²) in [6.07, 6.45) is 0.957. The van der Waals surface area contributed by atoms with Gasteiger partial charge in [0.05, 0.1) is 10.6 Å². The summed E-state index contributed by atoms with van der Waals surface area (Å²) in [7, 11) is -3.23. The normalized spacial score (nSPS) is 12.8. The molecule has 0 aromatic heterocycles. The molecular weight excluding hydrogens is 330 g/mol. The highest BCUT2D eigenvalue weighted by Gasteiger charge is 2.20. The first-order valence-corrected chi connectivity index (χ1v) is 9.64. The molecule has 24 heavy (non-hydrogen) atoms. The van der Waals surface area contributed by atoms with Gasteiger partial charge in [-0.1, -0.05) is 32.9 Å². The number of nitrogens with one attached hydrogen (secondary N) is 1. The molecule has 2 N–H and O–H groups in total. The summed E-state index contributed by atoms with van der Waals surface area (Å²) in [5.74, 6) is -1.15. The van der Waals surface area contributed by atoms with Gasteiger partial charge in [-0.25, -0.2) is 13.2 Å². The third-order valence-electron chi connectivity index (χ3n) is 3.64. The number of amides is 1. The quantitative estimate of drug-likeness (QED) is 0.706. The molecule has 0 aliphatic rings. The Morgan fingerprint density at radius 3 is 2.21 bits per heavy atom. The van der Waals surface area contributed by atoms with E-state index in [1.807, 2.05) is 13.8 Å². The standard InChI is InChI=1S/C17H25NO5S/c1-4-24(22,23)14-8-5-13(6-9-14)7-10-16(19)18-15(17(20)21)11-12(2)3/h5-6,8-9,12,15H,4,7,10-11H2,1-3H3,(H,18,19)(H,20,21). The van der Waals surface area contributed by atoms with Gasteiger partial charge in [0.25, 0.3) is 0 Å². The van der Waals surface area contributed by atoms with Crippen LogP contribution in [0.4, 0.5) is 0 Å². The van der Waals surface area contributed by atoms with Crippen molar-refractivity contribution >= 4 is 21.7 Å². The van der Waals surface area contributed by atoms with Gasteiger partial charge in [-0.05, 0) is 36.5 Å². The highest BCUT2D eigenvalue weighted by atomic mass is 32.2. The van der Waals surface area contributed by atoms with Crippen molar-refractivity contribution < 1.29 is 23.1 Å². The molecule has 0 fully saturated rings. The number of aryl methyl sites for hydroxylation is 1. The van der Waals surface area contributed by atoms with Gasteiger partial charge < -0.3 is 10.4 Å². The predicted octanol–water partition coefficient (Wildman–Crippen LogP) is 2.03. The molecule has 1 rings (SSSR count). The van der Waals surface area contributed by atoms with Crippen molar-refractivity contribution in [3.05, 3.63) is 29.8 Å². The number of carboxylic acids is 1. The molecule has 1 atom stereocenters. The number of carbonyl (C=O) groups excluding carboxylic acids is 1. The zero-order chi connectivity index (χ0) is 18.3. The lowest BCUT2D eigenvalue weighted by molar-refractivity contribution is -0.142. The van der Waals surface area contributed by atoms with E-state index in [-0.39, 0.29) is 28.9 Å². The summed E-state index contributed by atoms with van der Waals surface area (Å²) in [4.78, 5) is 23.3. The van der Waals surface area contributed by atoms with Crippen molar-refractivity contribution in [2.75, 3.05) is 5.75 Å². The summed E-state index contributed by atoms with van der Waals surface area (Å²) >= 11 is 0. The first kappa shape index (κ1) is 20.2. The highest BCUT2D eigenvalue weighted by Crippen LogP contribution is 2.13. The zero-order valence-electron chi connectivity index (χ0n) is 14.3. The molecule has 134 valence electrons. The van der Waals surface area contributed by atoms with Gasteiger partial charge in [0.2, 0.25) is 5.91 Å². The van der Waals surface area contributed by atoms with E-state index in [9.17, 15) is 18.0 Å². The van der Waals surface area contributed by atoms with E-state index in [4.69, 9.17) is 5.11 Å². The maximum Gasteiger partial charge on any atom is 0.326 e. The average Bonchev–Trinajstić information content (AvgIpc) is 2.52. The monoisotopic (exact) mass is 355 g/mol. The number of rotatable bonds is 9. The van der Waals surface area contributed by atoms with Crippen LogP contribution in [0.1, 0.15) is 39.2 Å². The molecule has 0 aliphatic heterocycles. The molecule has 0 radical (unpaired) electrons. The average molecular weight is 355 g/mol. The second-order valence-electron chi connectivity index (χ2n) is 6.14. The van der Waals surface area contributed by atoms with E-state index >= 15 is 0 Å². The maximum absolute atomic E-state index is 11.9. The molecule has 1 aromatic rings. The van der Waals surface area contributed by atoms with Crippen LogP contribution in [-0.2, 0) is 25.8 Å². The van der Waals surface area contributed by atoms with Gasteiger partial charge in [-0.15, -0.1) is 0 Å². The summed E-state index contributed by atoms with van der Waals surface area (Å²) in [5, 5.41) is 11.6. The zero-order valence-corrected chi connectivity index (χ0v) is 15.1. The van der Waals surface area contributed by atoms with Crippen molar-refractivity contribution in [2.24, 2.45) is 5.92 Å². The minimum Gasteiger partial charge on any atom is -0.480 e. The van der Waals surface area contributed by atoms with Crippen LogP contribution >= 0.6 is 0 Å². The molecule has 0 heterocycles. The Morgan fingerprint density at radius 1 is 1.17 bits per heavy atom. The van der Waals surface area contributed by atoms with Crippen molar-refractivity contribution in [3.8, 4) is 0 Å². The van der Waals surface area contributed by atoms with E-state index in [1.165, 1.54) is 12.1 Å². The third kappa shape index (κ3) is 6.31. The van der Waals surface area contributed by atoms with Crippen LogP contribution in [0.3, 0.4) is 0 Å². The number of carboxylic acid groups (broad SMARTS) is 1. The largest absolute Gasteiger partial charge is 0.480 e. The molecule has 0 saturated carbocycles. The SMILES string of the molecule is CCS(=O)(=O)c1ccc(CCC(=O)NC(CC(C)C)C(=O)O)cc1. The molecular formula is C17H25NO5S. The molecule has 7 heteroatoms. The molecule has 1 amide bonds. The van der Waals surface area contributed by atoms with E-state index in [2.05, 4.69) is 5.32 Å². The third-order valence-corrected chi connectivity index (χ3v) is 5.39. The fourth-order valence-electron chi connectivity index (χ4n) is 2.25. The Hall–Kier alpha value is -1.89. The maximum atomic E-state index is 11.9. The van der Waals surface area contributed by atoms with Crippen molar-refractivity contribution in [2.45, 2.75) is 51.0 Å². The van der Waals surface area contributed by atoms with E-state index in [0.29, 0.717) is 12.8 Å². The lowest BCUT2D eigenvalue weighted by Gasteiger charge is -2.16. The van der Waals surface area contributed by atoms with Crippen LogP contribution in [0.2, 0.25) is 0 Å². The molecule has 0 spiro atoms. The molecule has 0 aliphatic carbocycles. The molecule has 6 nitrogen and oxygen atoms in total. The number of carbonyl (C=O) groups is 2. The molecule has 0 bridgehead atoms. The Balaban J connectivity index is 2.59. The van der Waals surface area contributed by atoms with E-state index < -0.39 is 21.8 Å². The summed E-state index contributed by atoms with van der Waals surface area (Å²) in [6.45, 7) is 5.38. The van der Waals surface area contributed by atoms with Crippen LogP contribution in [0.15, 0.2) is 29.2 Å². The minimum absolute atomic E-state index is 0.0428. The summed E-state index contributed by atoms with van der Waals surface area (Å²) < 4.78 is 23.5. The Bertz CT molecular complexity index is 665. The summed E-state index contributed by atoms with van der Waals surface area (Å²) in [5.41, 5.74) is 0.830. The topological polar surface area (TPSA) is 101 Å². The number of benzene rings is 1. The van der Waals surface area contributed by atoms with Gasteiger partial charge in [-0.3, -0.25) is 4.79 Å². The van der Waals surface area contributed by atoms with Gasteiger partial charge in [-0.2, -0.15) is 0 Å². The number of sulfone groups is 1. The van der Waals surface area contributed by atoms with Crippen LogP contribution in [0.5, 0.6) is 0 Å². The van der Waals surface area contributed by atoms with Gasteiger partial charge in [0.15, 0.2) is 9.84 Å². The first-order valence-electron chi connectivity index (χ1n) is 7.99. The predicted molar refractivity (Wildman–Crippen MR) is 91.5 cm³/mol. The second-order valence-corrected chi connectivity index (χ2v) is 8.41. The fraction of sp³-hybridized carbons (Fsp3) is 0.529. The number of aliphatic carboxylic acids is 1. The van der Waals surface area contributed by atoms with Gasteiger partial charge in [0.1, 0.15) is 6.04 Å². The Kier molecular flexibility index (Phi) is 7.41. The second kappa shape index (κ2) is 8.82. The van der Waals surface area contributed by atoms with Crippen molar-refractivity contribution in [1.29, 1.82) is 0 Å². The summed E-state index contributed by atoms with van der Waals surface area (Å²) in [6, 6.07) is 5.54. The van der Waals surface area contributed by atoms with Crippen LogP contribution < -0.4 is 5.32 Å². The highest BCUT2D eigenvalue weighted by molar-refractivity contribution is 7.91. The molecule has 0 saturated heterocycles. The molecule has 1 unspecified atom stereocenters. The first-order chi connectivity index (χ1) is 11.2. The van der Waals surface area contributed by atoms with Crippen LogP contribution in [0, 0.1) is 5.92 Å². The Morgan fingerprint density at radius 2 is 1.75 bits per heavy atom. The van der Waals surface area contributed by atoms with Gasteiger partial charge >= 0.3 is 5.97 Å². The van der Waals surface area contributed by atoms with E-state index in [0.717, 1.165) is 5.56 Å². The minimum atomic E-state index is -3.23. The molecule has 1 aromatic carbocycles. The lowest BCUT2D eigenvalue weighted by Crippen LogP contribution is -2.41. The van der Waals surface area contributed by atoms with Crippen molar-refractivity contribution in [1.82, 2.24) is 5.32 Å². The fourth-order valence-corrected chi connectivity index (χ4v) is 3.13. The smallest absolute Gasteiger partial charge is 0.326 e. The van der Waals surface area contributed by atoms with Crippen LogP contribution in [-0.4, -0.2) is 37.2 Å². The van der Waals surface area contributed by atoms with E-state index in [1.54, 1.807) is 19.1 Å². The van der Waals surface area contributed by atoms with Gasteiger partial charge in [0, 0.05) is 6.42 Å². The number of hydrogen-bond acceptors (Lipinski definition) is 4. The Labute approximate surface area is 143 Å².